The Bertz CT molecular complexity index is 936. The van der Waals surface area contributed by atoms with Crippen molar-refractivity contribution >= 4 is 16.8 Å². The van der Waals surface area contributed by atoms with Gasteiger partial charge in [0.15, 0.2) is 11.4 Å². The molecule has 0 aliphatic rings. The maximum Gasteiger partial charge on any atom is 0.336 e. The van der Waals surface area contributed by atoms with Crippen LogP contribution in [0.3, 0.4) is 0 Å². The number of ketones is 1. The minimum atomic E-state index is -1.06. The van der Waals surface area contributed by atoms with Crippen LogP contribution in [-0.2, 0) is 16.8 Å². The molecule has 6 nitrogen and oxygen atoms in total. The van der Waals surface area contributed by atoms with Gasteiger partial charge in [-0.25, -0.2) is 4.79 Å². The van der Waals surface area contributed by atoms with Crippen molar-refractivity contribution in [2.45, 2.75) is 65.9 Å². The van der Waals surface area contributed by atoms with Gasteiger partial charge in [0, 0.05) is 19.1 Å². The number of hydrogen-bond donors (Lipinski definition) is 2. The van der Waals surface area contributed by atoms with Gasteiger partial charge in [-0.15, -0.1) is 0 Å². The van der Waals surface area contributed by atoms with E-state index in [9.17, 15) is 19.8 Å². The molecule has 28 heavy (non-hydrogen) atoms. The molecule has 0 unspecified atom stereocenters. The van der Waals surface area contributed by atoms with E-state index in [1.165, 1.54) is 13.2 Å². The highest BCUT2D eigenvalue weighted by atomic mass is 16.5. The van der Waals surface area contributed by atoms with Gasteiger partial charge >= 0.3 is 5.63 Å². The van der Waals surface area contributed by atoms with Gasteiger partial charge in [-0.05, 0) is 32.3 Å². The summed E-state index contributed by atoms with van der Waals surface area (Å²) in [4.78, 5) is 25.1. The van der Waals surface area contributed by atoms with Crippen LogP contribution in [0.2, 0.25) is 0 Å². The highest BCUT2D eigenvalue weighted by Crippen LogP contribution is 2.47. The molecule has 0 aliphatic carbocycles. The third-order valence-electron chi connectivity index (χ3n) is 5.15. The van der Waals surface area contributed by atoms with E-state index in [1.54, 1.807) is 27.7 Å². The van der Waals surface area contributed by atoms with Crippen LogP contribution in [0.25, 0.3) is 11.0 Å². The second kappa shape index (κ2) is 8.35. The lowest BCUT2D eigenvalue weighted by Gasteiger charge is -2.27. The zero-order valence-corrected chi connectivity index (χ0v) is 17.5. The molecular weight excluding hydrogens is 360 g/mol. The lowest BCUT2D eigenvalue weighted by atomic mass is 9.86. The number of ether oxygens (including phenoxy) is 1. The summed E-state index contributed by atoms with van der Waals surface area (Å²) in [5.74, 6) is -1.45. The molecular formula is C22H30O6. The quantitative estimate of drug-likeness (QED) is 0.387. The van der Waals surface area contributed by atoms with E-state index in [2.05, 4.69) is 6.92 Å². The lowest BCUT2D eigenvalue weighted by molar-refractivity contribution is 0.0155. The first-order valence-corrected chi connectivity index (χ1v) is 9.71. The van der Waals surface area contributed by atoms with Crippen LogP contribution in [0, 0.1) is 5.92 Å². The number of phenols is 2. The van der Waals surface area contributed by atoms with Crippen molar-refractivity contribution in [2.75, 3.05) is 7.11 Å². The third-order valence-corrected chi connectivity index (χ3v) is 5.15. The number of aryl methyl sites for hydroxylation is 1. The van der Waals surface area contributed by atoms with Crippen LogP contribution in [0.4, 0.5) is 0 Å². The number of aromatic hydroxyl groups is 2. The summed E-state index contributed by atoms with van der Waals surface area (Å²) >= 11 is 0. The van der Waals surface area contributed by atoms with Gasteiger partial charge in [-0.1, -0.05) is 33.6 Å². The summed E-state index contributed by atoms with van der Waals surface area (Å²) in [6.45, 7) is 8.85. The summed E-state index contributed by atoms with van der Waals surface area (Å²) in [7, 11) is 1.46. The van der Waals surface area contributed by atoms with Gasteiger partial charge in [0.05, 0.1) is 16.6 Å². The lowest BCUT2D eigenvalue weighted by Crippen LogP contribution is -2.22. The largest absolute Gasteiger partial charge is 0.507 e. The molecule has 0 fully saturated rings. The van der Waals surface area contributed by atoms with Crippen molar-refractivity contribution in [1.29, 1.82) is 0 Å². The normalized spacial score (nSPS) is 12.1. The van der Waals surface area contributed by atoms with Gasteiger partial charge in [0.1, 0.15) is 17.1 Å². The Kier molecular flexibility index (Phi) is 6.55. The number of rotatable bonds is 8. The van der Waals surface area contributed by atoms with Gasteiger partial charge in [-0.3, -0.25) is 4.79 Å². The van der Waals surface area contributed by atoms with Gasteiger partial charge in [-0.2, -0.15) is 0 Å². The standard InChI is InChI=1S/C22H30O6/c1-7-8-9-10-13-11-14(23)28-21-15(13)19(25)17(22(4,5)27-6)20(26)16(21)18(24)12(2)3/h11-12,25-26H,7-10H2,1-6H3. The number of fused-ring (bicyclic) bond motifs is 1. The van der Waals surface area contributed by atoms with E-state index < -0.39 is 22.9 Å². The molecule has 1 aromatic heterocycles. The summed E-state index contributed by atoms with van der Waals surface area (Å²) in [6, 6.07) is 1.35. The molecule has 0 spiro atoms. The molecule has 1 heterocycles. The summed E-state index contributed by atoms with van der Waals surface area (Å²) < 4.78 is 10.8. The summed E-state index contributed by atoms with van der Waals surface area (Å²) in [5, 5.41) is 22.3. The van der Waals surface area contributed by atoms with Crippen molar-refractivity contribution in [3.63, 3.8) is 0 Å². The minimum Gasteiger partial charge on any atom is -0.507 e. The van der Waals surface area contributed by atoms with Crippen molar-refractivity contribution in [1.82, 2.24) is 0 Å². The Hall–Kier alpha value is -2.34. The maximum absolute atomic E-state index is 12.9. The van der Waals surface area contributed by atoms with Crippen molar-refractivity contribution in [3.8, 4) is 11.5 Å². The van der Waals surface area contributed by atoms with Crippen LogP contribution in [-0.4, -0.2) is 23.1 Å². The molecule has 2 aromatic rings. The molecule has 154 valence electrons. The first kappa shape index (κ1) is 22.0. The van der Waals surface area contributed by atoms with Crippen LogP contribution >= 0.6 is 0 Å². The third kappa shape index (κ3) is 3.92. The molecule has 1 aromatic carbocycles. The minimum absolute atomic E-state index is 0.0663. The number of phenolic OH excluding ortho intramolecular Hbond substituents is 2. The van der Waals surface area contributed by atoms with E-state index in [0.717, 1.165) is 19.3 Å². The monoisotopic (exact) mass is 390 g/mol. The van der Waals surface area contributed by atoms with E-state index >= 15 is 0 Å². The Balaban J connectivity index is 3.00. The average Bonchev–Trinajstić information content (AvgIpc) is 2.60. The SMILES string of the molecule is CCCCCc1cc(=O)oc2c(C(=O)C(C)C)c(O)c(C(C)(C)OC)c(O)c12. The summed E-state index contributed by atoms with van der Waals surface area (Å²) in [6.07, 6.45) is 3.35. The number of hydrogen-bond acceptors (Lipinski definition) is 6. The molecule has 0 radical (unpaired) electrons. The smallest absolute Gasteiger partial charge is 0.336 e. The molecule has 0 amide bonds. The fraction of sp³-hybridized carbons (Fsp3) is 0.545. The fourth-order valence-electron chi connectivity index (χ4n) is 3.40. The number of Topliss-reactive ketones (excluding diaryl/α,β-unsaturated/α-hetero) is 1. The Morgan fingerprint density at radius 3 is 2.39 bits per heavy atom. The van der Waals surface area contributed by atoms with E-state index in [-0.39, 0.29) is 33.6 Å². The highest BCUT2D eigenvalue weighted by Gasteiger charge is 2.35. The van der Waals surface area contributed by atoms with Crippen molar-refractivity contribution in [3.05, 3.63) is 33.2 Å². The number of unbranched alkanes of at least 4 members (excludes halogenated alkanes) is 2. The maximum atomic E-state index is 12.9. The van der Waals surface area contributed by atoms with Crippen LogP contribution in [0.15, 0.2) is 15.3 Å². The van der Waals surface area contributed by atoms with Crippen LogP contribution in [0.1, 0.15) is 75.4 Å². The molecule has 0 aliphatic heterocycles. The molecule has 0 saturated heterocycles. The van der Waals surface area contributed by atoms with Gasteiger partial charge in [0.25, 0.3) is 0 Å². The molecule has 0 saturated carbocycles. The van der Waals surface area contributed by atoms with Crippen LogP contribution in [0.5, 0.6) is 11.5 Å². The Morgan fingerprint density at radius 1 is 1.21 bits per heavy atom. The first-order chi connectivity index (χ1) is 13.1. The number of benzene rings is 1. The zero-order chi connectivity index (χ0) is 21.2. The second-order valence-corrected chi connectivity index (χ2v) is 7.93. The molecule has 2 N–H and O–H groups in total. The predicted octanol–water partition coefficient (Wildman–Crippen LogP) is 4.66. The first-order valence-electron chi connectivity index (χ1n) is 9.71. The van der Waals surface area contributed by atoms with Crippen molar-refractivity contribution < 1.29 is 24.2 Å². The number of methoxy groups -OCH3 is 1. The molecule has 0 atom stereocenters. The van der Waals surface area contributed by atoms with E-state index in [4.69, 9.17) is 9.15 Å². The fourth-order valence-corrected chi connectivity index (χ4v) is 3.40. The average molecular weight is 390 g/mol. The van der Waals surface area contributed by atoms with Gasteiger partial charge < -0.3 is 19.4 Å². The molecule has 6 heteroatoms. The zero-order valence-electron chi connectivity index (χ0n) is 17.5. The van der Waals surface area contributed by atoms with E-state index in [0.29, 0.717) is 12.0 Å². The second-order valence-electron chi connectivity index (χ2n) is 7.93. The predicted molar refractivity (Wildman–Crippen MR) is 108 cm³/mol. The van der Waals surface area contributed by atoms with Crippen molar-refractivity contribution in [2.24, 2.45) is 5.92 Å². The van der Waals surface area contributed by atoms with E-state index in [1.807, 2.05) is 0 Å². The van der Waals surface area contributed by atoms with Gasteiger partial charge in [0.2, 0.25) is 0 Å². The highest BCUT2D eigenvalue weighted by molar-refractivity contribution is 6.12. The topological polar surface area (TPSA) is 97.0 Å². The summed E-state index contributed by atoms with van der Waals surface area (Å²) in [5.41, 5.74) is -1.12. The number of carbonyl (C=O) groups excluding carboxylic acids is 1. The molecule has 0 bridgehead atoms. The molecule has 2 rings (SSSR count). The Morgan fingerprint density at radius 2 is 1.86 bits per heavy atom. The van der Waals surface area contributed by atoms with Crippen LogP contribution < -0.4 is 5.63 Å². The Labute approximate surface area is 165 Å². The number of carbonyl (C=O) groups is 1.